The summed E-state index contributed by atoms with van der Waals surface area (Å²) in [5, 5.41) is -4.28. The van der Waals surface area contributed by atoms with Gasteiger partial charge >= 0.3 is 0 Å². The Labute approximate surface area is 245 Å². The Balaban J connectivity index is 1.74. The molecule has 1 heteroatoms. The van der Waals surface area contributed by atoms with Gasteiger partial charge in [-0.05, 0) is 78.7 Å². The third kappa shape index (κ3) is 3.04. The van der Waals surface area contributed by atoms with Crippen LogP contribution >= 0.6 is 0 Å². The lowest BCUT2D eigenvalue weighted by molar-refractivity contribution is 0.669. The molecule has 7 aromatic carbocycles. The summed E-state index contributed by atoms with van der Waals surface area (Å²) in [5.41, 5.74) is -3.61. The summed E-state index contributed by atoms with van der Waals surface area (Å²) in [6, 6.07) is -18.1. The average Bonchev–Trinajstić information content (AvgIpc) is 3.62. The van der Waals surface area contributed by atoms with Gasteiger partial charge in [-0.3, -0.25) is 0 Å². The van der Waals surface area contributed by atoms with E-state index in [9.17, 15) is 9.60 Å². The Bertz CT molecular complexity index is 3270. The maximum absolute atomic E-state index is 9.42. The molecule has 8 rings (SSSR count). The number of hydrogen-bond donors (Lipinski definition) is 0. The summed E-state index contributed by atoms with van der Waals surface area (Å²) in [5.74, 6) is 0. The van der Waals surface area contributed by atoms with Gasteiger partial charge in [0.25, 0.3) is 0 Å². The molecular formula is C36H22O. The van der Waals surface area contributed by atoms with Crippen LogP contribution in [0.2, 0.25) is 0 Å². The summed E-state index contributed by atoms with van der Waals surface area (Å²) in [7, 11) is 0. The average molecular weight is 493 g/mol. The quantitative estimate of drug-likeness (QED) is 0.219. The zero-order valence-electron chi connectivity index (χ0n) is 40.4. The van der Waals surface area contributed by atoms with Crippen LogP contribution in [0.1, 0.15) is 30.2 Å². The Hall–Kier alpha value is -4.88. The third-order valence-electron chi connectivity index (χ3n) is 6.01. The number of hydrogen-bond acceptors (Lipinski definition) is 1. The molecule has 0 fully saturated rings. The summed E-state index contributed by atoms with van der Waals surface area (Å²) in [6.07, 6.45) is 0. The van der Waals surface area contributed by atoms with Crippen molar-refractivity contribution in [2.75, 3.05) is 0 Å². The Morgan fingerprint density at radius 3 is 1.54 bits per heavy atom. The number of rotatable bonds is 2. The highest BCUT2D eigenvalue weighted by Crippen LogP contribution is 2.45. The Morgan fingerprint density at radius 2 is 0.865 bits per heavy atom. The molecule has 0 spiro atoms. The molecule has 0 radical (unpaired) electrons. The van der Waals surface area contributed by atoms with Gasteiger partial charge in [-0.2, -0.15) is 0 Å². The molecule has 0 amide bonds. The van der Waals surface area contributed by atoms with E-state index in [1.165, 1.54) is 0 Å². The molecule has 1 aromatic heterocycles. The van der Waals surface area contributed by atoms with Crippen molar-refractivity contribution in [2.24, 2.45) is 0 Å². The van der Waals surface area contributed by atoms with E-state index in [-0.39, 0.29) is 10.8 Å². The van der Waals surface area contributed by atoms with Crippen LogP contribution in [0.4, 0.5) is 0 Å². The van der Waals surface area contributed by atoms with Gasteiger partial charge in [0.15, 0.2) is 0 Å². The molecule has 0 aliphatic rings. The van der Waals surface area contributed by atoms with E-state index in [4.69, 9.17) is 25.0 Å². The molecule has 0 saturated carbocycles. The zero-order chi connectivity index (χ0) is 43.5. The fourth-order valence-electron chi connectivity index (χ4n) is 4.45. The lowest BCUT2D eigenvalue weighted by Crippen LogP contribution is -1.90. The standard InChI is InChI=1S/C36H22O/c1-2-10-24-21-25(18-17-23(24)9-1)35-29-12-3-5-14-31(29)36(32-15-6-4-13-30(32)35)26-19-20-28-27-11-7-8-16-33(27)37-34(28)22-26/h1-22H/i1D,2D,3D,4D,5D,6D,7D,8D,9D,10D,11D,12D,13D,14D,15D,16D,17D,18D,19D,20D,21D,22D. The highest BCUT2D eigenvalue weighted by atomic mass is 16.3. The Kier molecular flexibility index (Phi) is 1.76. The van der Waals surface area contributed by atoms with Gasteiger partial charge < -0.3 is 4.42 Å². The topological polar surface area (TPSA) is 13.1 Å². The lowest BCUT2D eigenvalue weighted by atomic mass is 9.85. The SMILES string of the molecule is [2H]c1c([2H])c([2H])c2c(oc3c([2H])c(-c4c5c([2H])c([2H])c([2H])c([2H])c5c(-c5c([2H])c([2H])c6c([2H])c([2H])c([2H])c([2H])c6c5[2H])c5c([2H])c([2H])c([2H])c([2H])c45)c([2H])c([2H])c32)c1[2H]. The smallest absolute Gasteiger partial charge is 0.136 e. The Morgan fingerprint density at radius 1 is 0.378 bits per heavy atom. The van der Waals surface area contributed by atoms with Crippen LogP contribution in [0.3, 0.4) is 0 Å². The molecule has 0 bridgehead atoms. The molecule has 0 atom stereocenters. The van der Waals surface area contributed by atoms with Crippen molar-refractivity contribution in [2.45, 2.75) is 0 Å². The maximum Gasteiger partial charge on any atom is 0.136 e. The molecule has 0 unspecified atom stereocenters. The van der Waals surface area contributed by atoms with Gasteiger partial charge in [-0.15, -0.1) is 0 Å². The van der Waals surface area contributed by atoms with Crippen LogP contribution in [0.15, 0.2) is 137 Å². The van der Waals surface area contributed by atoms with Crippen molar-refractivity contribution in [1.29, 1.82) is 0 Å². The van der Waals surface area contributed by atoms with Crippen molar-refractivity contribution < 1.29 is 34.6 Å². The van der Waals surface area contributed by atoms with E-state index in [2.05, 4.69) is 0 Å². The predicted molar refractivity (Wildman–Crippen MR) is 157 cm³/mol. The van der Waals surface area contributed by atoms with Crippen molar-refractivity contribution in [3.63, 3.8) is 0 Å². The summed E-state index contributed by atoms with van der Waals surface area (Å²) >= 11 is 0. The first kappa shape index (κ1) is 8.33. The summed E-state index contributed by atoms with van der Waals surface area (Å²) in [6.45, 7) is 0. The predicted octanol–water partition coefficient (Wildman–Crippen LogP) is 10.4. The molecular weight excluding hydrogens is 448 g/mol. The van der Waals surface area contributed by atoms with E-state index < -0.39 is 199 Å². The van der Waals surface area contributed by atoms with Crippen molar-refractivity contribution in [3.8, 4) is 22.3 Å². The van der Waals surface area contributed by atoms with Crippen LogP contribution in [-0.2, 0) is 0 Å². The van der Waals surface area contributed by atoms with E-state index in [0.29, 0.717) is 0 Å². The minimum atomic E-state index is -0.906. The minimum Gasteiger partial charge on any atom is -0.456 e. The molecule has 172 valence electrons. The molecule has 0 saturated heterocycles. The van der Waals surface area contributed by atoms with E-state index in [0.717, 1.165) is 0 Å². The fraction of sp³-hybridized carbons (Fsp3) is 0. The first-order chi connectivity index (χ1) is 27.5. The monoisotopic (exact) mass is 492 g/mol. The highest BCUT2D eigenvalue weighted by Gasteiger charge is 2.17. The van der Waals surface area contributed by atoms with Crippen LogP contribution in [0, 0.1) is 0 Å². The van der Waals surface area contributed by atoms with Gasteiger partial charge in [-0.1, -0.05) is 109 Å². The van der Waals surface area contributed by atoms with Crippen molar-refractivity contribution in [1.82, 2.24) is 0 Å². The largest absolute Gasteiger partial charge is 0.456 e. The molecule has 0 aliphatic carbocycles. The molecule has 1 heterocycles. The van der Waals surface area contributed by atoms with E-state index in [1.807, 2.05) is 0 Å². The normalized spacial score (nSPS) is 20.1. The lowest BCUT2D eigenvalue weighted by Gasteiger charge is -2.18. The van der Waals surface area contributed by atoms with Crippen molar-refractivity contribution in [3.05, 3.63) is 133 Å². The number of fused-ring (bicyclic) bond motifs is 6. The second kappa shape index (κ2) is 7.81. The first-order valence-corrected chi connectivity index (χ1v) is 10.9. The van der Waals surface area contributed by atoms with Gasteiger partial charge in [0.2, 0.25) is 0 Å². The molecule has 0 N–H and O–H groups in total. The van der Waals surface area contributed by atoms with Crippen LogP contribution in [0.25, 0.3) is 76.5 Å². The number of furan rings is 1. The summed E-state index contributed by atoms with van der Waals surface area (Å²) < 4.78 is 199. The minimum absolute atomic E-state index is 0.329. The second-order valence-corrected chi connectivity index (χ2v) is 8.01. The van der Waals surface area contributed by atoms with Crippen LogP contribution < -0.4 is 0 Å². The molecule has 1 nitrogen and oxygen atoms in total. The third-order valence-corrected chi connectivity index (χ3v) is 6.01. The fourth-order valence-corrected chi connectivity index (χ4v) is 4.45. The second-order valence-electron chi connectivity index (χ2n) is 8.01. The van der Waals surface area contributed by atoms with E-state index >= 15 is 0 Å². The summed E-state index contributed by atoms with van der Waals surface area (Å²) in [4.78, 5) is 0. The maximum atomic E-state index is 9.42. The van der Waals surface area contributed by atoms with E-state index in [1.54, 1.807) is 0 Å². The zero-order valence-corrected chi connectivity index (χ0v) is 18.4. The van der Waals surface area contributed by atoms with Gasteiger partial charge in [0, 0.05) is 10.8 Å². The van der Waals surface area contributed by atoms with Crippen molar-refractivity contribution >= 4 is 54.3 Å². The highest BCUT2D eigenvalue weighted by molar-refractivity contribution is 6.22. The van der Waals surface area contributed by atoms with Gasteiger partial charge in [0.1, 0.15) is 11.2 Å². The van der Waals surface area contributed by atoms with Gasteiger partial charge in [0.05, 0.1) is 30.2 Å². The van der Waals surface area contributed by atoms with Gasteiger partial charge in [-0.25, -0.2) is 0 Å². The number of benzene rings is 7. The van der Waals surface area contributed by atoms with Crippen LogP contribution in [0.5, 0.6) is 0 Å². The first-order valence-electron chi connectivity index (χ1n) is 21.9. The molecule has 37 heavy (non-hydrogen) atoms. The molecule has 8 aromatic rings. The molecule has 0 aliphatic heterocycles. The van der Waals surface area contributed by atoms with Crippen LogP contribution in [-0.4, -0.2) is 0 Å². The number of para-hydroxylation sites is 1.